The van der Waals surface area contributed by atoms with E-state index in [9.17, 15) is 0 Å². The van der Waals surface area contributed by atoms with E-state index in [0.717, 1.165) is 19.5 Å². The minimum absolute atomic E-state index is 0.310. The lowest BCUT2D eigenvalue weighted by atomic mass is 9.79. The Labute approximate surface area is 132 Å². The Balaban J connectivity index is 2.67. The number of nitrogens with zero attached hydrogens (tertiary/aromatic N) is 1. The number of aliphatic hydroxyl groups excluding tert-OH is 1. The van der Waals surface area contributed by atoms with Crippen LogP contribution in [0.4, 0.5) is 0 Å². The first kappa shape index (κ1) is 18.9. The predicted molar refractivity (Wildman–Crippen MR) is 91.7 cm³/mol. The van der Waals surface area contributed by atoms with Gasteiger partial charge in [-0.15, -0.1) is 0 Å². The maximum atomic E-state index is 9.15. The zero-order valence-corrected chi connectivity index (χ0v) is 14.7. The van der Waals surface area contributed by atoms with Crippen molar-refractivity contribution in [3.05, 3.63) is 0 Å². The minimum Gasteiger partial charge on any atom is -0.396 e. The molecule has 21 heavy (non-hydrogen) atoms. The second-order valence-corrected chi connectivity index (χ2v) is 7.23. The third-order valence-corrected chi connectivity index (χ3v) is 4.96. The molecule has 0 spiro atoms. The molecule has 1 aliphatic carbocycles. The van der Waals surface area contributed by atoms with Gasteiger partial charge in [0, 0.05) is 32.3 Å². The van der Waals surface area contributed by atoms with Crippen LogP contribution in [0, 0.1) is 5.41 Å². The van der Waals surface area contributed by atoms with Gasteiger partial charge in [-0.25, -0.2) is 0 Å². The molecule has 2 N–H and O–H groups in total. The van der Waals surface area contributed by atoms with Gasteiger partial charge in [0.05, 0.1) is 0 Å². The fourth-order valence-electron chi connectivity index (χ4n) is 3.62. The Morgan fingerprint density at radius 2 is 1.81 bits per heavy atom. The number of rotatable bonds is 10. The van der Waals surface area contributed by atoms with Crippen LogP contribution >= 0.6 is 0 Å². The maximum absolute atomic E-state index is 9.15. The molecule has 1 fully saturated rings. The smallest absolute Gasteiger partial charge is 0.0443 e. The highest BCUT2D eigenvalue weighted by molar-refractivity contribution is 4.87. The first-order chi connectivity index (χ1) is 10.1. The summed E-state index contributed by atoms with van der Waals surface area (Å²) < 4.78 is 0. The van der Waals surface area contributed by atoms with Crippen LogP contribution in [0.25, 0.3) is 0 Å². The number of hydrogen-bond acceptors (Lipinski definition) is 3. The molecule has 1 saturated carbocycles. The standard InChI is InChI=1S/C18H38N2O/c1-4-12-19-15-18(10-7-5-6-8-11-18)16-20(17(2)3)13-9-14-21/h17,19,21H,4-16H2,1-3H3. The van der Waals surface area contributed by atoms with Crippen LogP contribution in [-0.2, 0) is 0 Å². The number of hydrogen-bond donors (Lipinski definition) is 2. The summed E-state index contributed by atoms with van der Waals surface area (Å²) in [7, 11) is 0. The molecule has 0 amide bonds. The highest BCUT2D eigenvalue weighted by Crippen LogP contribution is 2.36. The Bertz CT molecular complexity index is 248. The third-order valence-electron chi connectivity index (χ3n) is 4.96. The molecule has 126 valence electrons. The van der Waals surface area contributed by atoms with Gasteiger partial charge in [0.1, 0.15) is 0 Å². The van der Waals surface area contributed by atoms with Crippen LogP contribution in [-0.4, -0.2) is 48.8 Å². The second-order valence-electron chi connectivity index (χ2n) is 7.23. The fraction of sp³-hybridized carbons (Fsp3) is 1.00. The van der Waals surface area contributed by atoms with Gasteiger partial charge in [0.2, 0.25) is 0 Å². The van der Waals surface area contributed by atoms with Gasteiger partial charge in [0.25, 0.3) is 0 Å². The average molecular weight is 299 g/mol. The maximum Gasteiger partial charge on any atom is 0.0443 e. The first-order valence-electron chi connectivity index (χ1n) is 9.19. The van der Waals surface area contributed by atoms with E-state index in [1.165, 1.54) is 58.0 Å². The van der Waals surface area contributed by atoms with Gasteiger partial charge in [0.15, 0.2) is 0 Å². The van der Waals surface area contributed by atoms with Crippen molar-refractivity contribution in [2.45, 2.75) is 78.2 Å². The van der Waals surface area contributed by atoms with E-state index >= 15 is 0 Å². The van der Waals surface area contributed by atoms with Gasteiger partial charge in [-0.1, -0.05) is 32.6 Å². The lowest BCUT2D eigenvalue weighted by Crippen LogP contribution is -2.47. The van der Waals surface area contributed by atoms with E-state index in [1.807, 2.05) is 0 Å². The third kappa shape index (κ3) is 7.12. The highest BCUT2D eigenvalue weighted by atomic mass is 16.3. The van der Waals surface area contributed by atoms with Crippen LogP contribution < -0.4 is 5.32 Å². The Kier molecular flexibility index (Phi) is 9.54. The van der Waals surface area contributed by atoms with Gasteiger partial charge in [-0.05, 0) is 51.5 Å². The van der Waals surface area contributed by atoms with Crippen molar-refractivity contribution in [2.75, 3.05) is 32.8 Å². The SMILES string of the molecule is CCCNCC1(CN(CCCO)C(C)C)CCCCCC1. The largest absolute Gasteiger partial charge is 0.396 e. The summed E-state index contributed by atoms with van der Waals surface area (Å²) in [6.45, 7) is 11.7. The summed E-state index contributed by atoms with van der Waals surface area (Å²) in [5.74, 6) is 0. The minimum atomic E-state index is 0.310. The lowest BCUT2D eigenvalue weighted by Gasteiger charge is -2.40. The van der Waals surface area contributed by atoms with Crippen molar-refractivity contribution in [2.24, 2.45) is 5.41 Å². The molecule has 0 radical (unpaired) electrons. The van der Waals surface area contributed by atoms with Crippen LogP contribution in [0.1, 0.15) is 72.1 Å². The van der Waals surface area contributed by atoms with Crippen molar-refractivity contribution in [1.82, 2.24) is 10.2 Å². The van der Waals surface area contributed by atoms with E-state index in [0.29, 0.717) is 18.1 Å². The molecule has 0 saturated heterocycles. The molecule has 0 bridgehead atoms. The quantitative estimate of drug-likeness (QED) is 0.479. The van der Waals surface area contributed by atoms with Crippen molar-refractivity contribution < 1.29 is 5.11 Å². The topological polar surface area (TPSA) is 35.5 Å². The number of nitrogens with one attached hydrogen (secondary N) is 1. The van der Waals surface area contributed by atoms with Crippen molar-refractivity contribution in [3.8, 4) is 0 Å². The molecule has 3 heteroatoms. The summed E-state index contributed by atoms with van der Waals surface area (Å²) in [4.78, 5) is 2.59. The van der Waals surface area contributed by atoms with E-state index in [4.69, 9.17) is 5.11 Å². The summed E-state index contributed by atoms with van der Waals surface area (Å²) in [6, 6.07) is 0.572. The Morgan fingerprint density at radius 1 is 1.14 bits per heavy atom. The van der Waals surface area contributed by atoms with Crippen LogP contribution in [0.15, 0.2) is 0 Å². The van der Waals surface area contributed by atoms with Crippen molar-refractivity contribution >= 4 is 0 Å². The molecular formula is C18H38N2O. The van der Waals surface area contributed by atoms with Crippen molar-refractivity contribution in [3.63, 3.8) is 0 Å². The fourth-order valence-corrected chi connectivity index (χ4v) is 3.62. The molecule has 0 aliphatic heterocycles. The van der Waals surface area contributed by atoms with Gasteiger partial charge >= 0.3 is 0 Å². The average Bonchev–Trinajstić information content (AvgIpc) is 2.69. The molecule has 1 rings (SSSR count). The second kappa shape index (κ2) is 10.6. The summed E-state index contributed by atoms with van der Waals surface area (Å²) in [5, 5.41) is 12.8. The first-order valence-corrected chi connectivity index (χ1v) is 9.19. The van der Waals surface area contributed by atoms with Crippen LogP contribution in [0.2, 0.25) is 0 Å². The van der Waals surface area contributed by atoms with E-state index in [1.54, 1.807) is 0 Å². The number of aliphatic hydroxyl groups is 1. The zero-order valence-electron chi connectivity index (χ0n) is 14.7. The van der Waals surface area contributed by atoms with Gasteiger partial charge in [-0.2, -0.15) is 0 Å². The zero-order chi connectivity index (χ0) is 15.6. The van der Waals surface area contributed by atoms with E-state index in [-0.39, 0.29) is 0 Å². The van der Waals surface area contributed by atoms with Crippen LogP contribution in [0.3, 0.4) is 0 Å². The van der Waals surface area contributed by atoms with E-state index < -0.39 is 0 Å². The van der Waals surface area contributed by atoms with Gasteiger partial charge < -0.3 is 15.3 Å². The predicted octanol–water partition coefficient (Wildman–Crippen LogP) is 3.42. The van der Waals surface area contributed by atoms with Crippen molar-refractivity contribution in [1.29, 1.82) is 0 Å². The molecule has 0 atom stereocenters. The summed E-state index contributed by atoms with van der Waals surface area (Å²) in [5.41, 5.74) is 0.450. The molecule has 0 aromatic rings. The molecule has 0 unspecified atom stereocenters. The molecule has 0 aromatic carbocycles. The monoisotopic (exact) mass is 298 g/mol. The summed E-state index contributed by atoms with van der Waals surface area (Å²) in [6.07, 6.45) is 10.4. The van der Waals surface area contributed by atoms with Crippen LogP contribution in [0.5, 0.6) is 0 Å². The Hall–Kier alpha value is -0.120. The summed E-state index contributed by atoms with van der Waals surface area (Å²) >= 11 is 0. The molecular weight excluding hydrogens is 260 g/mol. The lowest BCUT2D eigenvalue weighted by molar-refractivity contribution is 0.0966. The molecule has 0 heterocycles. The van der Waals surface area contributed by atoms with Gasteiger partial charge in [-0.3, -0.25) is 0 Å². The Morgan fingerprint density at radius 3 is 2.33 bits per heavy atom. The molecule has 0 aromatic heterocycles. The normalized spacial score (nSPS) is 19.1. The van der Waals surface area contributed by atoms with E-state index in [2.05, 4.69) is 31.0 Å². The molecule has 3 nitrogen and oxygen atoms in total. The molecule has 1 aliphatic rings. The highest BCUT2D eigenvalue weighted by Gasteiger charge is 2.33.